The van der Waals surface area contributed by atoms with Crippen molar-refractivity contribution < 1.29 is 4.79 Å². The van der Waals surface area contributed by atoms with Crippen molar-refractivity contribution in [2.24, 2.45) is 17.8 Å². The molecule has 0 aromatic rings. The second kappa shape index (κ2) is 3.17. The Morgan fingerprint density at radius 3 is 2.85 bits per heavy atom. The average Bonchev–Trinajstić information content (AvgIpc) is 2.56. The van der Waals surface area contributed by atoms with Gasteiger partial charge in [0.1, 0.15) is 0 Å². The van der Waals surface area contributed by atoms with Gasteiger partial charge < -0.3 is 5.32 Å². The quantitative estimate of drug-likeness (QED) is 0.610. The molecular weight excluding hydrogens is 162 g/mol. The van der Waals surface area contributed by atoms with E-state index < -0.39 is 0 Å². The van der Waals surface area contributed by atoms with Crippen molar-refractivity contribution in [1.82, 2.24) is 5.32 Å². The predicted octanol–water partition coefficient (Wildman–Crippen LogP) is 1.72. The molecule has 0 aromatic carbocycles. The van der Waals surface area contributed by atoms with Gasteiger partial charge in [0.15, 0.2) is 0 Å². The first-order valence-corrected chi connectivity index (χ1v) is 5.14. The number of carbonyl (C=O) groups is 1. The van der Waals surface area contributed by atoms with E-state index in [-0.39, 0.29) is 5.91 Å². The second-order valence-corrected chi connectivity index (χ2v) is 4.37. The van der Waals surface area contributed by atoms with Crippen LogP contribution in [-0.2, 0) is 4.79 Å². The molecule has 2 nitrogen and oxygen atoms in total. The Morgan fingerprint density at radius 2 is 2.15 bits per heavy atom. The summed E-state index contributed by atoms with van der Waals surface area (Å²) < 4.78 is 0. The van der Waals surface area contributed by atoms with Crippen molar-refractivity contribution in [3.05, 3.63) is 12.2 Å². The van der Waals surface area contributed by atoms with Crippen LogP contribution in [0.15, 0.2) is 12.2 Å². The first-order chi connectivity index (χ1) is 6.18. The topological polar surface area (TPSA) is 29.1 Å². The normalized spacial score (nSPS) is 42.0. The highest BCUT2D eigenvalue weighted by Crippen LogP contribution is 2.42. The van der Waals surface area contributed by atoms with Crippen molar-refractivity contribution >= 4 is 5.91 Å². The molecule has 2 rings (SSSR count). The van der Waals surface area contributed by atoms with Crippen LogP contribution in [0.4, 0.5) is 0 Å². The molecule has 2 aliphatic rings. The monoisotopic (exact) mass is 179 g/mol. The van der Waals surface area contributed by atoms with Crippen LogP contribution in [0.2, 0.25) is 0 Å². The van der Waals surface area contributed by atoms with Crippen LogP contribution in [0.3, 0.4) is 0 Å². The van der Waals surface area contributed by atoms with Crippen molar-refractivity contribution in [3.8, 4) is 0 Å². The molecule has 2 aliphatic carbocycles. The van der Waals surface area contributed by atoms with Crippen molar-refractivity contribution in [3.63, 3.8) is 0 Å². The first kappa shape index (κ1) is 8.79. The fourth-order valence-corrected chi connectivity index (χ4v) is 2.82. The molecule has 4 atom stereocenters. The van der Waals surface area contributed by atoms with Gasteiger partial charge in [-0.25, -0.2) is 0 Å². The second-order valence-electron chi connectivity index (χ2n) is 4.37. The molecule has 0 aromatic heterocycles. The summed E-state index contributed by atoms with van der Waals surface area (Å²) in [6.07, 6.45) is 7.01. The van der Waals surface area contributed by atoms with E-state index >= 15 is 0 Å². The zero-order valence-corrected chi connectivity index (χ0v) is 8.29. The Bertz CT molecular complexity index is 246. The van der Waals surface area contributed by atoms with E-state index in [9.17, 15) is 4.79 Å². The minimum atomic E-state index is 0.110. The highest BCUT2D eigenvalue weighted by atomic mass is 16.1. The minimum Gasteiger partial charge on any atom is -0.353 e. The van der Waals surface area contributed by atoms with Crippen LogP contribution in [-0.4, -0.2) is 11.9 Å². The standard InChI is InChI=1S/C11H17NO/c1-7-3-4-10-9(7)5-6-11(10)12-8(2)13/h3-4,7,9-11H,5-6H2,1-2H3,(H,12,13)/t7-,9+,10-,11-/m0/s1. The van der Waals surface area contributed by atoms with Gasteiger partial charge in [-0.15, -0.1) is 0 Å². The van der Waals surface area contributed by atoms with E-state index in [2.05, 4.69) is 24.4 Å². The zero-order valence-electron chi connectivity index (χ0n) is 8.29. The molecule has 1 amide bonds. The number of allylic oxidation sites excluding steroid dienone is 1. The van der Waals surface area contributed by atoms with Crippen molar-refractivity contribution in [1.29, 1.82) is 0 Å². The van der Waals surface area contributed by atoms with Gasteiger partial charge >= 0.3 is 0 Å². The summed E-state index contributed by atoms with van der Waals surface area (Å²) in [5, 5.41) is 3.04. The van der Waals surface area contributed by atoms with E-state index in [0.717, 1.165) is 12.3 Å². The highest BCUT2D eigenvalue weighted by molar-refractivity contribution is 5.73. The lowest BCUT2D eigenvalue weighted by Crippen LogP contribution is -2.36. The Kier molecular flexibility index (Phi) is 2.14. The molecule has 13 heavy (non-hydrogen) atoms. The summed E-state index contributed by atoms with van der Waals surface area (Å²) in [5.41, 5.74) is 0. The Labute approximate surface area is 79.4 Å². The summed E-state index contributed by atoms with van der Waals surface area (Å²) in [6.45, 7) is 3.88. The van der Waals surface area contributed by atoms with Gasteiger partial charge in [0.2, 0.25) is 5.91 Å². The molecule has 0 heterocycles. The fourth-order valence-electron chi connectivity index (χ4n) is 2.82. The molecule has 0 saturated heterocycles. The van der Waals surface area contributed by atoms with E-state index in [1.54, 1.807) is 6.92 Å². The Morgan fingerprint density at radius 1 is 1.38 bits per heavy atom. The third kappa shape index (κ3) is 1.50. The summed E-state index contributed by atoms with van der Waals surface area (Å²) >= 11 is 0. The van der Waals surface area contributed by atoms with Gasteiger partial charge in [-0.1, -0.05) is 19.1 Å². The van der Waals surface area contributed by atoms with Crippen molar-refractivity contribution in [2.75, 3.05) is 0 Å². The summed E-state index contributed by atoms with van der Waals surface area (Å²) in [7, 11) is 0. The lowest BCUT2D eigenvalue weighted by molar-refractivity contribution is -0.119. The molecule has 1 saturated carbocycles. The number of nitrogens with one attached hydrogen (secondary N) is 1. The van der Waals surface area contributed by atoms with Crippen LogP contribution in [0.5, 0.6) is 0 Å². The number of fused-ring (bicyclic) bond motifs is 1. The third-order valence-electron chi connectivity index (χ3n) is 3.47. The minimum absolute atomic E-state index is 0.110. The molecule has 1 fully saturated rings. The summed E-state index contributed by atoms with van der Waals surface area (Å²) in [4.78, 5) is 10.9. The molecule has 0 unspecified atom stereocenters. The molecule has 0 bridgehead atoms. The predicted molar refractivity (Wildman–Crippen MR) is 52.1 cm³/mol. The van der Waals surface area contributed by atoms with Crippen LogP contribution in [0, 0.1) is 17.8 Å². The van der Waals surface area contributed by atoms with Crippen LogP contribution >= 0.6 is 0 Å². The highest BCUT2D eigenvalue weighted by Gasteiger charge is 2.39. The zero-order chi connectivity index (χ0) is 9.42. The Hall–Kier alpha value is -0.790. The van der Waals surface area contributed by atoms with Crippen LogP contribution in [0.1, 0.15) is 26.7 Å². The number of amides is 1. The molecule has 0 spiro atoms. The summed E-state index contributed by atoms with van der Waals surface area (Å²) in [5.74, 6) is 2.22. The molecule has 0 aliphatic heterocycles. The first-order valence-electron chi connectivity index (χ1n) is 5.14. The van der Waals surface area contributed by atoms with E-state index in [0.29, 0.717) is 17.9 Å². The largest absolute Gasteiger partial charge is 0.353 e. The van der Waals surface area contributed by atoms with E-state index in [1.165, 1.54) is 6.42 Å². The van der Waals surface area contributed by atoms with E-state index in [4.69, 9.17) is 0 Å². The SMILES string of the molecule is CC(=O)N[C@H]1CC[C@H]2[C@@H]1C=C[C@@H]2C. The maximum Gasteiger partial charge on any atom is 0.217 e. The van der Waals surface area contributed by atoms with Gasteiger partial charge in [-0.05, 0) is 24.7 Å². The lowest BCUT2D eigenvalue weighted by Gasteiger charge is -2.19. The maximum absolute atomic E-state index is 10.9. The third-order valence-corrected chi connectivity index (χ3v) is 3.47. The molecular formula is C11H17NO. The lowest BCUT2D eigenvalue weighted by atomic mass is 9.91. The van der Waals surface area contributed by atoms with Gasteiger partial charge in [0.05, 0.1) is 0 Å². The summed E-state index contributed by atoms with van der Waals surface area (Å²) in [6, 6.07) is 0.406. The van der Waals surface area contributed by atoms with E-state index in [1.807, 2.05) is 0 Å². The number of carbonyl (C=O) groups excluding carboxylic acids is 1. The van der Waals surface area contributed by atoms with Crippen molar-refractivity contribution in [2.45, 2.75) is 32.7 Å². The van der Waals surface area contributed by atoms with Gasteiger partial charge in [-0.3, -0.25) is 4.79 Å². The number of hydrogen-bond acceptors (Lipinski definition) is 1. The molecule has 1 N–H and O–H groups in total. The van der Waals surface area contributed by atoms with Gasteiger partial charge in [0, 0.05) is 18.9 Å². The maximum atomic E-state index is 10.9. The number of hydrogen-bond donors (Lipinski definition) is 1. The van der Waals surface area contributed by atoms with Gasteiger partial charge in [-0.2, -0.15) is 0 Å². The smallest absolute Gasteiger partial charge is 0.217 e. The average molecular weight is 179 g/mol. The Balaban J connectivity index is 2.02. The van der Waals surface area contributed by atoms with Gasteiger partial charge in [0.25, 0.3) is 0 Å². The number of rotatable bonds is 1. The van der Waals surface area contributed by atoms with Crippen LogP contribution in [0.25, 0.3) is 0 Å². The molecule has 0 radical (unpaired) electrons. The molecule has 2 heteroatoms. The molecule has 72 valence electrons. The van der Waals surface area contributed by atoms with Crippen LogP contribution < -0.4 is 5.32 Å². The fraction of sp³-hybridized carbons (Fsp3) is 0.727.